The van der Waals surface area contributed by atoms with Gasteiger partial charge in [0.1, 0.15) is 0 Å². The number of isothiocyanates is 1. The van der Waals surface area contributed by atoms with Crippen molar-refractivity contribution >= 4 is 17.4 Å². The smallest absolute Gasteiger partial charge is 0.0700 e. The molecular weight excluding hydrogens is 174 g/mol. The van der Waals surface area contributed by atoms with Crippen LogP contribution in [0.15, 0.2) is 4.99 Å². The molecule has 0 aromatic rings. The van der Waals surface area contributed by atoms with Gasteiger partial charge in [-0.05, 0) is 25.1 Å². The van der Waals surface area contributed by atoms with Gasteiger partial charge in [-0.1, -0.05) is 0 Å². The average molecular weight is 189 g/mol. The van der Waals surface area contributed by atoms with Crippen LogP contribution in [0.5, 0.6) is 0 Å². The van der Waals surface area contributed by atoms with Gasteiger partial charge in [0.25, 0.3) is 0 Å². The Balaban J connectivity index is 2.86. The Hall–Kier alpha value is -0.280. The van der Waals surface area contributed by atoms with E-state index in [-0.39, 0.29) is 0 Å². The summed E-state index contributed by atoms with van der Waals surface area (Å²) in [5, 5.41) is 2.33. The molecule has 3 nitrogen and oxygen atoms in total. The average Bonchev–Trinajstić information content (AvgIpc) is 2.10. The Morgan fingerprint density at radius 3 is 2.75 bits per heavy atom. The summed E-state index contributed by atoms with van der Waals surface area (Å²) in [5.74, 6) is 0. The lowest BCUT2D eigenvalue weighted by Crippen LogP contribution is -2.03. The van der Waals surface area contributed by atoms with Crippen molar-refractivity contribution in [3.63, 3.8) is 0 Å². The van der Waals surface area contributed by atoms with E-state index in [9.17, 15) is 0 Å². The molecule has 0 aliphatic heterocycles. The second-order valence-electron chi connectivity index (χ2n) is 2.29. The summed E-state index contributed by atoms with van der Waals surface area (Å²) in [5.41, 5.74) is 0. The minimum absolute atomic E-state index is 0.665. The van der Waals surface area contributed by atoms with Crippen molar-refractivity contribution in [3.8, 4) is 0 Å². The standard InChI is InChI=1S/C8H15NO2S/c1-10-6-7-11-5-3-2-4-9-8-12/h2-7H2,1H3. The van der Waals surface area contributed by atoms with Crippen LogP contribution in [-0.2, 0) is 9.47 Å². The Morgan fingerprint density at radius 2 is 2.08 bits per heavy atom. The van der Waals surface area contributed by atoms with Crippen LogP contribution in [0.25, 0.3) is 0 Å². The van der Waals surface area contributed by atoms with E-state index < -0.39 is 0 Å². The number of aliphatic imine (C=N–C) groups is 1. The summed E-state index contributed by atoms with van der Waals surface area (Å²) in [6, 6.07) is 0. The first-order valence-corrected chi connectivity index (χ1v) is 4.43. The summed E-state index contributed by atoms with van der Waals surface area (Å²) in [6.07, 6.45) is 2.03. The topological polar surface area (TPSA) is 30.8 Å². The van der Waals surface area contributed by atoms with Crippen molar-refractivity contribution in [2.75, 3.05) is 33.5 Å². The summed E-state index contributed by atoms with van der Waals surface area (Å²) in [6.45, 7) is 2.87. The fourth-order valence-electron chi connectivity index (χ4n) is 0.685. The van der Waals surface area contributed by atoms with Crippen molar-refractivity contribution in [2.45, 2.75) is 12.8 Å². The lowest BCUT2D eigenvalue weighted by Gasteiger charge is -2.01. The zero-order valence-electron chi connectivity index (χ0n) is 7.41. The Bertz CT molecular complexity index is 135. The number of ether oxygens (including phenoxy) is 2. The highest BCUT2D eigenvalue weighted by molar-refractivity contribution is 7.78. The molecule has 70 valence electrons. The number of methoxy groups -OCH3 is 1. The highest BCUT2D eigenvalue weighted by atomic mass is 32.1. The van der Waals surface area contributed by atoms with Crippen molar-refractivity contribution in [1.82, 2.24) is 0 Å². The van der Waals surface area contributed by atoms with Gasteiger partial charge in [0.2, 0.25) is 0 Å². The maximum absolute atomic E-state index is 5.24. The molecule has 0 aromatic heterocycles. The van der Waals surface area contributed by atoms with Crippen LogP contribution in [0, 0.1) is 0 Å². The van der Waals surface area contributed by atoms with Crippen molar-refractivity contribution < 1.29 is 9.47 Å². The summed E-state index contributed by atoms with van der Waals surface area (Å²) >= 11 is 4.42. The molecule has 0 unspecified atom stereocenters. The van der Waals surface area contributed by atoms with E-state index in [4.69, 9.17) is 9.47 Å². The summed E-state index contributed by atoms with van der Waals surface area (Å²) < 4.78 is 10.1. The first kappa shape index (κ1) is 11.7. The predicted octanol–water partition coefficient (Wildman–Crippen LogP) is 1.53. The van der Waals surface area contributed by atoms with Crippen LogP contribution in [0.4, 0.5) is 0 Å². The molecular formula is C8H15NO2S. The van der Waals surface area contributed by atoms with Gasteiger partial charge in [-0.15, -0.1) is 0 Å². The SMILES string of the molecule is COCCOCCCCN=C=S. The normalized spacial score (nSPS) is 9.42. The number of thiocarbonyl (C=S) groups is 1. The number of nitrogens with zero attached hydrogens (tertiary/aromatic N) is 1. The van der Waals surface area contributed by atoms with Gasteiger partial charge < -0.3 is 9.47 Å². The van der Waals surface area contributed by atoms with Gasteiger partial charge in [-0.2, -0.15) is 0 Å². The molecule has 0 spiro atoms. The number of rotatable bonds is 8. The zero-order chi connectivity index (χ0) is 9.07. The third kappa shape index (κ3) is 9.72. The summed E-state index contributed by atoms with van der Waals surface area (Å²) in [7, 11) is 1.66. The van der Waals surface area contributed by atoms with Gasteiger partial charge >= 0.3 is 0 Å². The maximum Gasteiger partial charge on any atom is 0.0700 e. The van der Waals surface area contributed by atoms with E-state index >= 15 is 0 Å². The minimum atomic E-state index is 0.665. The monoisotopic (exact) mass is 189 g/mol. The van der Waals surface area contributed by atoms with Crippen LogP contribution in [-0.4, -0.2) is 38.6 Å². The number of hydrogen-bond donors (Lipinski definition) is 0. The molecule has 0 amide bonds. The lowest BCUT2D eigenvalue weighted by molar-refractivity contribution is 0.0690. The van der Waals surface area contributed by atoms with E-state index in [1.54, 1.807) is 7.11 Å². The molecule has 4 heteroatoms. The summed E-state index contributed by atoms with van der Waals surface area (Å²) in [4.78, 5) is 3.79. The molecule has 0 saturated heterocycles. The Morgan fingerprint density at radius 1 is 1.25 bits per heavy atom. The Labute approximate surface area is 78.8 Å². The first-order chi connectivity index (χ1) is 5.91. The van der Waals surface area contributed by atoms with E-state index in [2.05, 4.69) is 22.4 Å². The molecule has 0 fully saturated rings. The van der Waals surface area contributed by atoms with Gasteiger partial charge in [-0.25, -0.2) is 4.99 Å². The van der Waals surface area contributed by atoms with Crippen LogP contribution in [0.1, 0.15) is 12.8 Å². The van der Waals surface area contributed by atoms with E-state index in [1.807, 2.05) is 0 Å². The molecule has 0 aromatic carbocycles. The highest BCUT2D eigenvalue weighted by Crippen LogP contribution is 1.90. The van der Waals surface area contributed by atoms with Gasteiger partial charge in [0.05, 0.1) is 18.4 Å². The van der Waals surface area contributed by atoms with Crippen molar-refractivity contribution in [1.29, 1.82) is 0 Å². The van der Waals surface area contributed by atoms with Gasteiger partial charge in [0, 0.05) is 20.3 Å². The van der Waals surface area contributed by atoms with Crippen LogP contribution in [0.2, 0.25) is 0 Å². The predicted molar refractivity (Wildman–Crippen MR) is 51.8 cm³/mol. The molecule has 0 saturated carbocycles. The lowest BCUT2D eigenvalue weighted by atomic mass is 10.3. The second kappa shape index (κ2) is 10.7. The molecule has 0 heterocycles. The van der Waals surface area contributed by atoms with Crippen LogP contribution < -0.4 is 0 Å². The third-order valence-electron chi connectivity index (χ3n) is 1.30. The maximum atomic E-state index is 5.24. The fourth-order valence-corrected chi connectivity index (χ4v) is 0.776. The second-order valence-corrected chi connectivity index (χ2v) is 2.47. The molecule has 0 aliphatic rings. The molecule has 0 bridgehead atoms. The zero-order valence-corrected chi connectivity index (χ0v) is 8.23. The Kier molecular flexibility index (Phi) is 10.5. The van der Waals surface area contributed by atoms with Gasteiger partial charge in [0.15, 0.2) is 0 Å². The van der Waals surface area contributed by atoms with Crippen molar-refractivity contribution in [2.24, 2.45) is 4.99 Å². The van der Waals surface area contributed by atoms with E-state index in [0.29, 0.717) is 13.2 Å². The fraction of sp³-hybridized carbons (Fsp3) is 0.875. The number of hydrogen-bond acceptors (Lipinski definition) is 4. The third-order valence-corrected chi connectivity index (χ3v) is 1.43. The van der Waals surface area contributed by atoms with E-state index in [1.165, 1.54) is 0 Å². The molecule has 0 aliphatic carbocycles. The number of unbranched alkanes of at least 4 members (excludes halogenated alkanes) is 1. The van der Waals surface area contributed by atoms with Crippen molar-refractivity contribution in [3.05, 3.63) is 0 Å². The van der Waals surface area contributed by atoms with E-state index in [0.717, 1.165) is 26.0 Å². The highest BCUT2D eigenvalue weighted by Gasteiger charge is 1.88. The molecule has 0 N–H and O–H groups in total. The minimum Gasteiger partial charge on any atom is -0.382 e. The molecule has 12 heavy (non-hydrogen) atoms. The molecule has 0 rings (SSSR count). The molecule has 0 radical (unpaired) electrons. The van der Waals surface area contributed by atoms with Gasteiger partial charge in [-0.3, -0.25) is 0 Å². The largest absolute Gasteiger partial charge is 0.382 e. The van der Waals surface area contributed by atoms with Crippen LogP contribution >= 0.6 is 12.2 Å². The first-order valence-electron chi connectivity index (χ1n) is 4.02. The quantitative estimate of drug-likeness (QED) is 0.329. The van der Waals surface area contributed by atoms with Crippen LogP contribution in [0.3, 0.4) is 0 Å². The molecule has 0 atom stereocenters.